The van der Waals surface area contributed by atoms with Crippen LogP contribution in [0.25, 0.3) is 5.65 Å². The largest absolute Gasteiger partial charge is 0.479 e. The Bertz CT molecular complexity index is 553. The number of imidazole rings is 1. The number of carboxylic acids is 1. The molecule has 2 aromatic heterocycles. The zero-order chi connectivity index (χ0) is 12.4. The number of pyridine rings is 1. The molecule has 6 heteroatoms. The van der Waals surface area contributed by atoms with Crippen LogP contribution in [0, 0.1) is 0 Å². The van der Waals surface area contributed by atoms with Gasteiger partial charge in [0.2, 0.25) is 0 Å². The first-order chi connectivity index (χ1) is 8.06. The molecule has 2 aromatic rings. The third-order valence-electron chi connectivity index (χ3n) is 2.29. The van der Waals surface area contributed by atoms with Gasteiger partial charge in [0.15, 0.2) is 6.10 Å². The number of halogens is 1. The lowest BCUT2D eigenvalue weighted by atomic mass is 10.4. The van der Waals surface area contributed by atoms with Crippen LogP contribution in [-0.2, 0) is 16.1 Å². The Morgan fingerprint density at radius 2 is 2.35 bits per heavy atom. The van der Waals surface area contributed by atoms with Crippen LogP contribution in [0.5, 0.6) is 0 Å². The lowest BCUT2D eigenvalue weighted by molar-refractivity contribution is -0.149. The Balaban J connectivity index is 2.12. The van der Waals surface area contributed by atoms with Crippen molar-refractivity contribution in [2.75, 3.05) is 0 Å². The number of nitrogens with zero attached hydrogens (tertiary/aromatic N) is 2. The van der Waals surface area contributed by atoms with Gasteiger partial charge in [0.05, 0.1) is 17.3 Å². The van der Waals surface area contributed by atoms with Gasteiger partial charge in [-0.2, -0.15) is 0 Å². The van der Waals surface area contributed by atoms with E-state index >= 15 is 0 Å². The summed E-state index contributed by atoms with van der Waals surface area (Å²) in [7, 11) is 0. The monoisotopic (exact) mass is 254 g/mol. The summed E-state index contributed by atoms with van der Waals surface area (Å²) in [5.74, 6) is -0.989. The van der Waals surface area contributed by atoms with Gasteiger partial charge in [-0.3, -0.25) is 0 Å². The number of rotatable bonds is 4. The number of aliphatic carboxylic acids is 1. The normalized spacial score (nSPS) is 12.8. The van der Waals surface area contributed by atoms with Crippen LogP contribution in [0.3, 0.4) is 0 Å². The molecule has 1 atom stereocenters. The fourth-order valence-corrected chi connectivity index (χ4v) is 1.54. The van der Waals surface area contributed by atoms with Gasteiger partial charge in [-0.25, -0.2) is 9.78 Å². The minimum atomic E-state index is -0.989. The fourth-order valence-electron chi connectivity index (χ4n) is 1.37. The summed E-state index contributed by atoms with van der Waals surface area (Å²) < 4.78 is 6.91. The van der Waals surface area contributed by atoms with Crippen molar-refractivity contribution < 1.29 is 14.6 Å². The van der Waals surface area contributed by atoms with Crippen molar-refractivity contribution in [1.29, 1.82) is 0 Å². The molecule has 0 fully saturated rings. The van der Waals surface area contributed by atoms with E-state index in [-0.39, 0.29) is 6.61 Å². The van der Waals surface area contributed by atoms with Crippen molar-refractivity contribution in [2.45, 2.75) is 19.6 Å². The summed E-state index contributed by atoms with van der Waals surface area (Å²) in [6.45, 7) is 1.64. The predicted octanol–water partition coefficient (Wildman–Crippen LogP) is 1.98. The number of carbonyl (C=O) groups is 1. The summed E-state index contributed by atoms with van der Waals surface area (Å²) in [5.41, 5.74) is 1.41. The Morgan fingerprint density at radius 3 is 3.06 bits per heavy atom. The van der Waals surface area contributed by atoms with Crippen molar-refractivity contribution in [3.63, 3.8) is 0 Å². The molecule has 0 aliphatic rings. The number of hydrogen-bond donors (Lipinski definition) is 1. The Hall–Kier alpha value is -1.59. The van der Waals surface area contributed by atoms with Gasteiger partial charge in [0.25, 0.3) is 0 Å². The highest BCUT2D eigenvalue weighted by Gasteiger charge is 2.12. The molecule has 17 heavy (non-hydrogen) atoms. The first-order valence-electron chi connectivity index (χ1n) is 5.04. The first kappa shape index (κ1) is 11.9. The van der Waals surface area contributed by atoms with Crippen LogP contribution < -0.4 is 0 Å². The zero-order valence-electron chi connectivity index (χ0n) is 9.13. The quantitative estimate of drug-likeness (QED) is 0.906. The molecule has 90 valence electrons. The average molecular weight is 255 g/mol. The van der Waals surface area contributed by atoms with E-state index in [0.717, 1.165) is 5.65 Å². The van der Waals surface area contributed by atoms with Crippen molar-refractivity contribution in [1.82, 2.24) is 9.38 Å². The van der Waals surface area contributed by atoms with Crippen LogP contribution in [-0.4, -0.2) is 26.6 Å². The number of aromatic nitrogens is 2. The molecule has 5 nitrogen and oxygen atoms in total. The molecule has 1 N–H and O–H groups in total. The number of ether oxygens (including phenoxy) is 1. The Morgan fingerprint density at radius 1 is 1.59 bits per heavy atom. The topological polar surface area (TPSA) is 63.8 Å². The lowest BCUT2D eigenvalue weighted by Gasteiger charge is -2.05. The van der Waals surface area contributed by atoms with E-state index < -0.39 is 12.1 Å². The highest BCUT2D eigenvalue weighted by atomic mass is 35.5. The van der Waals surface area contributed by atoms with Gasteiger partial charge in [-0.05, 0) is 19.1 Å². The maximum absolute atomic E-state index is 10.6. The highest BCUT2D eigenvalue weighted by molar-refractivity contribution is 6.30. The maximum Gasteiger partial charge on any atom is 0.332 e. The van der Waals surface area contributed by atoms with Gasteiger partial charge in [-0.15, -0.1) is 0 Å². The number of fused-ring (bicyclic) bond motifs is 1. The van der Waals surface area contributed by atoms with E-state index in [1.165, 1.54) is 6.92 Å². The number of carboxylic acid groups (broad SMARTS) is 1. The van der Waals surface area contributed by atoms with Crippen molar-refractivity contribution in [2.24, 2.45) is 0 Å². The predicted molar refractivity (Wildman–Crippen MR) is 62.1 cm³/mol. The van der Waals surface area contributed by atoms with Gasteiger partial charge in [0, 0.05) is 12.4 Å². The molecule has 0 spiro atoms. The summed E-state index contributed by atoms with van der Waals surface area (Å²) in [6.07, 6.45) is 2.65. The molecule has 0 bridgehead atoms. The maximum atomic E-state index is 10.6. The molecule has 0 saturated carbocycles. The SMILES string of the molecule is CC(OCc1cn2cc(Cl)ccc2n1)C(=O)O. The van der Waals surface area contributed by atoms with E-state index in [4.69, 9.17) is 21.4 Å². The van der Waals surface area contributed by atoms with E-state index in [1.54, 1.807) is 28.9 Å². The third kappa shape index (κ3) is 2.75. The summed E-state index contributed by atoms with van der Waals surface area (Å²) in [5, 5.41) is 9.28. The smallest absolute Gasteiger partial charge is 0.332 e. The van der Waals surface area contributed by atoms with Crippen molar-refractivity contribution in [3.05, 3.63) is 35.2 Å². The molecule has 0 aromatic carbocycles. The molecule has 0 amide bonds. The standard InChI is InChI=1S/C11H11ClN2O3/c1-7(11(15)16)17-6-9-5-14-4-8(12)2-3-10(14)13-9/h2-5,7H,6H2,1H3,(H,15,16). The fraction of sp³-hybridized carbons (Fsp3) is 0.273. The van der Waals surface area contributed by atoms with Crippen LogP contribution in [0.15, 0.2) is 24.5 Å². The summed E-state index contributed by atoms with van der Waals surface area (Å²) in [4.78, 5) is 14.8. The lowest BCUT2D eigenvalue weighted by Crippen LogP contribution is -2.19. The Kier molecular flexibility index (Phi) is 3.31. The van der Waals surface area contributed by atoms with Gasteiger partial charge in [-0.1, -0.05) is 11.6 Å². The van der Waals surface area contributed by atoms with E-state index in [9.17, 15) is 4.79 Å². The third-order valence-corrected chi connectivity index (χ3v) is 2.52. The molecule has 0 radical (unpaired) electrons. The molecule has 2 rings (SSSR count). The summed E-state index contributed by atoms with van der Waals surface area (Å²) >= 11 is 5.84. The average Bonchev–Trinajstić information content (AvgIpc) is 2.67. The van der Waals surface area contributed by atoms with E-state index in [2.05, 4.69) is 4.98 Å². The Labute approximate surface area is 103 Å². The van der Waals surface area contributed by atoms with Crippen LogP contribution >= 0.6 is 11.6 Å². The van der Waals surface area contributed by atoms with Crippen molar-refractivity contribution in [3.8, 4) is 0 Å². The van der Waals surface area contributed by atoms with Gasteiger partial charge in [0.1, 0.15) is 5.65 Å². The van der Waals surface area contributed by atoms with E-state index in [1.807, 2.05) is 0 Å². The second-order valence-electron chi connectivity index (χ2n) is 3.64. The van der Waals surface area contributed by atoms with E-state index in [0.29, 0.717) is 10.7 Å². The molecule has 0 aliphatic carbocycles. The molecule has 0 saturated heterocycles. The van der Waals surface area contributed by atoms with Crippen LogP contribution in [0.2, 0.25) is 5.02 Å². The minimum absolute atomic E-state index is 0.159. The summed E-state index contributed by atoms with van der Waals surface area (Å²) in [6, 6.07) is 3.53. The number of hydrogen-bond acceptors (Lipinski definition) is 3. The molecular weight excluding hydrogens is 244 g/mol. The van der Waals surface area contributed by atoms with Gasteiger partial charge >= 0.3 is 5.97 Å². The minimum Gasteiger partial charge on any atom is -0.479 e. The second-order valence-corrected chi connectivity index (χ2v) is 4.07. The van der Waals surface area contributed by atoms with Crippen LogP contribution in [0.1, 0.15) is 12.6 Å². The highest BCUT2D eigenvalue weighted by Crippen LogP contribution is 2.12. The second kappa shape index (κ2) is 4.73. The molecule has 2 heterocycles. The molecular formula is C11H11ClN2O3. The zero-order valence-corrected chi connectivity index (χ0v) is 9.89. The van der Waals surface area contributed by atoms with Crippen molar-refractivity contribution >= 4 is 23.2 Å². The molecule has 1 unspecified atom stereocenters. The first-order valence-corrected chi connectivity index (χ1v) is 5.41. The van der Waals surface area contributed by atoms with Gasteiger partial charge < -0.3 is 14.2 Å². The molecule has 0 aliphatic heterocycles. The van der Waals surface area contributed by atoms with Crippen LogP contribution in [0.4, 0.5) is 0 Å².